The molecule has 4 nitrogen and oxygen atoms in total. The molecule has 0 unspecified atom stereocenters. The first kappa shape index (κ1) is 9.38. The molecule has 0 saturated carbocycles. The lowest BCUT2D eigenvalue weighted by Gasteiger charge is -2.03. The molecule has 1 amide bonds. The van der Waals surface area contributed by atoms with Crippen LogP contribution in [0, 0.1) is 11.8 Å². The number of hydrogen-bond donors (Lipinski definition) is 1. The van der Waals surface area contributed by atoms with Gasteiger partial charge in [-0.1, -0.05) is 0 Å². The molecule has 1 aromatic carbocycles. The van der Waals surface area contributed by atoms with Crippen LogP contribution < -0.4 is 5.32 Å². The van der Waals surface area contributed by atoms with Crippen molar-refractivity contribution >= 4 is 11.6 Å². The minimum atomic E-state index is -0.157. The molecule has 4 heteroatoms. The van der Waals surface area contributed by atoms with Gasteiger partial charge in [0.05, 0.1) is 0 Å². The van der Waals surface area contributed by atoms with E-state index in [1.807, 2.05) is 0 Å². The lowest BCUT2D eigenvalue weighted by Crippen LogP contribution is -2.18. The van der Waals surface area contributed by atoms with E-state index < -0.39 is 0 Å². The molecular formula is C9H10N2O2. The van der Waals surface area contributed by atoms with Gasteiger partial charge >= 0.3 is 0 Å². The topological polar surface area (TPSA) is 58.5 Å². The average molecular weight is 178 g/mol. The number of benzene rings is 1. The van der Waals surface area contributed by atoms with Crippen molar-refractivity contribution in [3.8, 4) is 0 Å². The van der Waals surface area contributed by atoms with Gasteiger partial charge in [0.2, 0.25) is 0 Å². The summed E-state index contributed by atoms with van der Waals surface area (Å²) in [5, 5.41) is 5.29. The molecule has 13 heavy (non-hydrogen) atoms. The standard InChI is InChI=1S/C9H10N2O2/c1-6-5-7(11-13)3-4-8(6)9(12)10-2/h3-5H,1-2H3,(H,10,12). The lowest BCUT2D eigenvalue weighted by atomic mass is 10.1. The fourth-order valence-corrected chi connectivity index (χ4v) is 1.09. The van der Waals surface area contributed by atoms with Gasteiger partial charge in [-0.25, -0.2) is 0 Å². The third kappa shape index (κ3) is 1.90. The first-order chi connectivity index (χ1) is 6.19. The van der Waals surface area contributed by atoms with E-state index in [0.29, 0.717) is 11.3 Å². The van der Waals surface area contributed by atoms with Crippen LogP contribution in [-0.4, -0.2) is 13.0 Å². The molecule has 0 fully saturated rings. The Labute approximate surface area is 75.9 Å². The molecule has 0 bridgehead atoms. The molecule has 0 radical (unpaired) electrons. The van der Waals surface area contributed by atoms with E-state index in [2.05, 4.69) is 10.5 Å². The van der Waals surface area contributed by atoms with Gasteiger partial charge in [0.25, 0.3) is 5.91 Å². The highest BCUT2D eigenvalue weighted by Crippen LogP contribution is 2.17. The maximum Gasteiger partial charge on any atom is 0.251 e. The summed E-state index contributed by atoms with van der Waals surface area (Å²) in [4.78, 5) is 21.4. The van der Waals surface area contributed by atoms with E-state index in [-0.39, 0.29) is 5.91 Å². The number of nitrogens with one attached hydrogen (secondary N) is 1. The second-order valence-corrected chi connectivity index (χ2v) is 2.67. The molecule has 1 rings (SSSR count). The summed E-state index contributed by atoms with van der Waals surface area (Å²) in [5.74, 6) is -0.157. The first-order valence-corrected chi connectivity index (χ1v) is 3.85. The fourth-order valence-electron chi connectivity index (χ4n) is 1.09. The Morgan fingerprint density at radius 3 is 2.62 bits per heavy atom. The summed E-state index contributed by atoms with van der Waals surface area (Å²) in [6, 6.07) is 4.69. The second kappa shape index (κ2) is 3.80. The normalized spacial score (nSPS) is 9.38. The molecule has 0 aliphatic heterocycles. The van der Waals surface area contributed by atoms with E-state index >= 15 is 0 Å². The molecule has 1 aromatic rings. The van der Waals surface area contributed by atoms with Crippen molar-refractivity contribution in [2.75, 3.05) is 7.05 Å². The second-order valence-electron chi connectivity index (χ2n) is 2.67. The summed E-state index contributed by atoms with van der Waals surface area (Å²) in [7, 11) is 1.56. The first-order valence-electron chi connectivity index (χ1n) is 3.85. The van der Waals surface area contributed by atoms with Crippen molar-refractivity contribution in [1.29, 1.82) is 0 Å². The van der Waals surface area contributed by atoms with Crippen LogP contribution in [0.15, 0.2) is 23.4 Å². The zero-order valence-corrected chi connectivity index (χ0v) is 7.50. The smallest absolute Gasteiger partial charge is 0.251 e. The van der Waals surface area contributed by atoms with Gasteiger partial charge in [-0.15, -0.1) is 4.91 Å². The summed E-state index contributed by atoms with van der Waals surface area (Å²) >= 11 is 0. The molecule has 0 atom stereocenters. The molecule has 0 aliphatic carbocycles. The van der Waals surface area contributed by atoms with Gasteiger partial charge in [-0.05, 0) is 35.9 Å². The highest BCUT2D eigenvalue weighted by Gasteiger charge is 2.06. The Kier molecular flexibility index (Phi) is 2.74. The fraction of sp³-hybridized carbons (Fsp3) is 0.222. The van der Waals surface area contributed by atoms with Gasteiger partial charge < -0.3 is 5.32 Å². The van der Waals surface area contributed by atoms with Crippen LogP contribution in [0.1, 0.15) is 15.9 Å². The molecule has 0 spiro atoms. The zero-order valence-electron chi connectivity index (χ0n) is 7.50. The monoisotopic (exact) mass is 178 g/mol. The third-order valence-electron chi connectivity index (χ3n) is 1.79. The van der Waals surface area contributed by atoms with Crippen molar-refractivity contribution in [2.45, 2.75) is 6.92 Å². The van der Waals surface area contributed by atoms with Crippen LogP contribution in [0.4, 0.5) is 5.69 Å². The zero-order chi connectivity index (χ0) is 9.84. The average Bonchev–Trinajstić information content (AvgIpc) is 2.16. The Morgan fingerprint density at radius 2 is 2.15 bits per heavy atom. The predicted octanol–water partition coefficient (Wildman–Crippen LogP) is 1.75. The van der Waals surface area contributed by atoms with Crippen molar-refractivity contribution in [1.82, 2.24) is 5.32 Å². The van der Waals surface area contributed by atoms with Crippen LogP contribution in [-0.2, 0) is 0 Å². The Morgan fingerprint density at radius 1 is 1.46 bits per heavy atom. The van der Waals surface area contributed by atoms with Crippen molar-refractivity contribution in [3.63, 3.8) is 0 Å². The number of nitroso groups, excluding NO2 is 1. The maximum atomic E-state index is 11.2. The molecule has 0 aromatic heterocycles. The Balaban J connectivity index is 3.12. The van der Waals surface area contributed by atoms with Crippen molar-refractivity contribution < 1.29 is 4.79 Å². The van der Waals surface area contributed by atoms with Crippen LogP contribution >= 0.6 is 0 Å². The predicted molar refractivity (Wildman–Crippen MR) is 50.0 cm³/mol. The van der Waals surface area contributed by atoms with Crippen molar-refractivity contribution in [3.05, 3.63) is 34.2 Å². The highest BCUT2D eigenvalue weighted by molar-refractivity contribution is 5.95. The summed E-state index contributed by atoms with van der Waals surface area (Å²) < 4.78 is 0. The lowest BCUT2D eigenvalue weighted by molar-refractivity contribution is 0.0962. The molecule has 0 saturated heterocycles. The minimum Gasteiger partial charge on any atom is -0.355 e. The largest absolute Gasteiger partial charge is 0.355 e. The van der Waals surface area contributed by atoms with E-state index in [9.17, 15) is 9.70 Å². The third-order valence-corrected chi connectivity index (χ3v) is 1.79. The quantitative estimate of drug-likeness (QED) is 0.701. The summed E-state index contributed by atoms with van der Waals surface area (Å²) in [5.41, 5.74) is 1.65. The number of nitrogens with zero attached hydrogens (tertiary/aromatic N) is 1. The Hall–Kier alpha value is -1.71. The number of carbonyl (C=O) groups is 1. The van der Waals surface area contributed by atoms with E-state index in [1.54, 1.807) is 26.1 Å². The summed E-state index contributed by atoms with van der Waals surface area (Å²) in [6.45, 7) is 1.76. The van der Waals surface area contributed by atoms with E-state index in [4.69, 9.17) is 0 Å². The number of rotatable bonds is 2. The number of amides is 1. The molecular weight excluding hydrogens is 168 g/mol. The molecule has 0 heterocycles. The van der Waals surface area contributed by atoms with E-state index in [0.717, 1.165) is 5.56 Å². The van der Waals surface area contributed by atoms with Crippen LogP contribution in [0.3, 0.4) is 0 Å². The molecule has 0 aliphatic rings. The number of aryl methyl sites for hydroxylation is 1. The van der Waals surface area contributed by atoms with Crippen LogP contribution in [0.2, 0.25) is 0 Å². The Bertz CT molecular complexity index is 347. The van der Waals surface area contributed by atoms with Gasteiger partial charge in [0, 0.05) is 12.6 Å². The van der Waals surface area contributed by atoms with Crippen molar-refractivity contribution in [2.24, 2.45) is 5.18 Å². The minimum absolute atomic E-state index is 0.157. The van der Waals surface area contributed by atoms with Crippen LogP contribution in [0.25, 0.3) is 0 Å². The SMILES string of the molecule is CNC(=O)c1ccc(N=O)cc1C. The van der Waals surface area contributed by atoms with Gasteiger partial charge in [0.15, 0.2) is 0 Å². The number of hydrogen-bond acceptors (Lipinski definition) is 3. The van der Waals surface area contributed by atoms with Crippen LogP contribution in [0.5, 0.6) is 0 Å². The molecule has 68 valence electrons. The summed E-state index contributed by atoms with van der Waals surface area (Å²) in [6.07, 6.45) is 0. The van der Waals surface area contributed by atoms with E-state index in [1.165, 1.54) is 6.07 Å². The maximum absolute atomic E-state index is 11.2. The highest BCUT2D eigenvalue weighted by atomic mass is 16.3. The molecule has 1 N–H and O–H groups in total. The van der Waals surface area contributed by atoms with Gasteiger partial charge in [-0.2, -0.15) is 0 Å². The van der Waals surface area contributed by atoms with Gasteiger partial charge in [0.1, 0.15) is 5.69 Å². The van der Waals surface area contributed by atoms with Gasteiger partial charge in [-0.3, -0.25) is 4.79 Å². The number of carbonyl (C=O) groups excluding carboxylic acids is 1.